The molecule has 4 atom stereocenters. The Morgan fingerprint density at radius 1 is 1.00 bits per heavy atom. The van der Waals surface area contributed by atoms with Crippen LogP contribution in [0.1, 0.15) is 52.4 Å². The van der Waals surface area contributed by atoms with E-state index >= 15 is 0 Å². The maximum atomic E-state index is 11.6. The van der Waals surface area contributed by atoms with E-state index < -0.39 is 11.4 Å². The molecule has 0 aromatic heterocycles. The SMILES string of the molecule is C[C@]12CC3(N)CC(C(=O)O)(C1)C[C@@](C)(C3)C2.Cl. The molecule has 0 radical (unpaired) electrons. The molecule has 0 heterocycles. The third-order valence-electron chi connectivity index (χ3n) is 5.09. The molecule has 4 bridgehead atoms. The highest BCUT2D eigenvalue weighted by atomic mass is 35.5. The predicted octanol–water partition coefficient (Wildman–Crippen LogP) is 2.57. The van der Waals surface area contributed by atoms with E-state index in [1.54, 1.807) is 0 Å². The summed E-state index contributed by atoms with van der Waals surface area (Å²) >= 11 is 0. The molecular formula is C13H22ClNO2. The van der Waals surface area contributed by atoms with Gasteiger partial charge in [0.25, 0.3) is 0 Å². The van der Waals surface area contributed by atoms with Gasteiger partial charge < -0.3 is 10.8 Å². The lowest BCUT2D eigenvalue weighted by molar-refractivity contribution is -0.189. The standard InChI is InChI=1S/C13H21NO2.ClH/c1-10-3-11(2)5-12(4-10,9(15)16)8-13(14,6-10)7-11;/h3-8,14H2,1-2H3,(H,15,16);1H/t10-,11+,12?,13?;. The normalized spacial score (nSPS) is 55.5. The third-order valence-corrected chi connectivity index (χ3v) is 5.09. The molecule has 98 valence electrons. The lowest BCUT2D eigenvalue weighted by Crippen LogP contribution is -2.67. The fourth-order valence-corrected chi connectivity index (χ4v) is 6.01. The van der Waals surface area contributed by atoms with E-state index in [1.165, 1.54) is 0 Å². The van der Waals surface area contributed by atoms with E-state index in [0.29, 0.717) is 6.42 Å². The number of hydrogen-bond acceptors (Lipinski definition) is 2. The van der Waals surface area contributed by atoms with E-state index in [4.69, 9.17) is 5.73 Å². The van der Waals surface area contributed by atoms with Gasteiger partial charge in [0.05, 0.1) is 5.41 Å². The second-order valence-electron chi connectivity index (χ2n) is 7.63. The number of hydrogen-bond donors (Lipinski definition) is 2. The van der Waals surface area contributed by atoms with Gasteiger partial charge in [0.15, 0.2) is 0 Å². The summed E-state index contributed by atoms with van der Waals surface area (Å²) < 4.78 is 0. The van der Waals surface area contributed by atoms with E-state index in [1.807, 2.05) is 0 Å². The molecule has 4 fully saturated rings. The van der Waals surface area contributed by atoms with Crippen molar-refractivity contribution < 1.29 is 9.90 Å². The molecule has 2 unspecified atom stereocenters. The number of aliphatic carboxylic acids is 1. The first-order valence-electron chi connectivity index (χ1n) is 6.21. The fraction of sp³-hybridized carbons (Fsp3) is 0.923. The smallest absolute Gasteiger partial charge is 0.309 e. The molecule has 17 heavy (non-hydrogen) atoms. The quantitative estimate of drug-likeness (QED) is 0.761. The second kappa shape index (κ2) is 3.18. The van der Waals surface area contributed by atoms with Crippen LogP contribution in [0.3, 0.4) is 0 Å². The van der Waals surface area contributed by atoms with Crippen molar-refractivity contribution in [3.8, 4) is 0 Å². The van der Waals surface area contributed by atoms with Crippen LogP contribution >= 0.6 is 12.4 Å². The molecule has 0 spiro atoms. The van der Waals surface area contributed by atoms with Crippen molar-refractivity contribution in [1.82, 2.24) is 0 Å². The summed E-state index contributed by atoms with van der Waals surface area (Å²) in [5.41, 5.74) is 6.05. The Morgan fingerprint density at radius 2 is 1.47 bits per heavy atom. The van der Waals surface area contributed by atoms with Gasteiger partial charge in [-0.15, -0.1) is 12.4 Å². The zero-order chi connectivity index (χ0) is 11.8. The molecule has 0 saturated heterocycles. The fourth-order valence-electron chi connectivity index (χ4n) is 6.01. The number of halogens is 1. The molecule has 0 aromatic carbocycles. The first-order valence-corrected chi connectivity index (χ1v) is 6.21. The van der Waals surface area contributed by atoms with Crippen molar-refractivity contribution in [1.29, 1.82) is 0 Å². The van der Waals surface area contributed by atoms with Crippen LogP contribution in [-0.4, -0.2) is 16.6 Å². The zero-order valence-corrected chi connectivity index (χ0v) is 11.4. The first-order chi connectivity index (χ1) is 7.19. The van der Waals surface area contributed by atoms with Crippen molar-refractivity contribution in [2.24, 2.45) is 22.0 Å². The van der Waals surface area contributed by atoms with Crippen LogP contribution in [0.4, 0.5) is 0 Å². The monoisotopic (exact) mass is 259 g/mol. The Bertz CT molecular complexity index is 328. The van der Waals surface area contributed by atoms with E-state index in [9.17, 15) is 9.90 Å². The van der Waals surface area contributed by atoms with Gasteiger partial charge in [-0.05, 0) is 49.4 Å². The largest absolute Gasteiger partial charge is 0.481 e. The Morgan fingerprint density at radius 3 is 1.82 bits per heavy atom. The average molecular weight is 260 g/mol. The molecule has 4 rings (SSSR count). The van der Waals surface area contributed by atoms with Gasteiger partial charge in [0, 0.05) is 5.54 Å². The number of nitrogens with two attached hydrogens (primary N) is 1. The van der Waals surface area contributed by atoms with Crippen molar-refractivity contribution in [2.45, 2.75) is 57.9 Å². The van der Waals surface area contributed by atoms with Gasteiger partial charge in [-0.25, -0.2) is 0 Å². The summed E-state index contributed by atoms with van der Waals surface area (Å²) in [7, 11) is 0. The molecule has 4 saturated carbocycles. The van der Waals surface area contributed by atoms with Crippen molar-refractivity contribution in [3.63, 3.8) is 0 Å². The number of rotatable bonds is 1. The van der Waals surface area contributed by atoms with E-state index in [2.05, 4.69) is 13.8 Å². The number of carbonyl (C=O) groups is 1. The van der Waals surface area contributed by atoms with E-state index in [-0.39, 0.29) is 28.8 Å². The van der Waals surface area contributed by atoms with Crippen LogP contribution in [0.5, 0.6) is 0 Å². The Balaban J connectivity index is 0.00000108. The van der Waals surface area contributed by atoms with Gasteiger partial charge in [-0.1, -0.05) is 13.8 Å². The van der Waals surface area contributed by atoms with Crippen LogP contribution < -0.4 is 5.73 Å². The predicted molar refractivity (Wildman–Crippen MR) is 68.2 cm³/mol. The zero-order valence-electron chi connectivity index (χ0n) is 10.6. The molecule has 0 amide bonds. The molecular weight excluding hydrogens is 238 g/mol. The van der Waals surface area contributed by atoms with Crippen molar-refractivity contribution >= 4 is 18.4 Å². The molecule has 3 nitrogen and oxygen atoms in total. The summed E-state index contributed by atoms with van der Waals surface area (Å²) in [6.07, 6.45) is 5.57. The van der Waals surface area contributed by atoms with Gasteiger partial charge in [0.1, 0.15) is 0 Å². The highest BCUT2D eigenvalue weighted by Crippen LogP contribution is 2.70. The molecule has 4 aliphatic rings. The number of carboxylic acid groups (broad SMARTS) is 1. The highest BCUT2D eigenvalue weighted by Gasteiger charge is 2.66. The summed E-state index contributed by atoms with van der Waals surface area (Å²) in [5.74, 6) is -0.612. The van der Waals surface area contributed by atoms with Gasteiger partial charge in [-0.3, -0.25) is 4.79 Å². The Kier molecular flexibility index (Phi) is 2.46. The average Bonchev–Trinajstić information content (AvgIpc) is 1.92. The third kappa shape index (κ3) is 1.70. The number of carboxylic acids is 1. The summed E-state index contributed by atoms with van der Waals surface area (Å²) in [5, 5.41) is 9.57. The van der Waals surface area contributed by atoms with Crippen molar-refractivity contribution in [2.75, 3.05) is 0 Å². The highest BCUT2D eigenvalue weighted by molar-refractivity contribution is 5.85. The Hall–Kier alpha value is -0.280. The maximum absolute atomic E-state index is 11.6. The molecule has 3 N–H and O–H groups in total. The molecule has 0 aliphatic heterocycles. The van der Waals surface area contributed by atoms with Gasteiger partial charge >= 0.3 is 5.97 Å². The van der Waals surface area contributed by atoms with Crippen molar-refractivity contribution in [3.05, 3.63) is 0 Å². The molecule has 0 aromatic rings. The maximum Gasteiger partial charge on any atom is 0.309 e. The van der Waals surface area contributed by atoms with Crippen LogP contribution in [0.25, 0.3) is 0 Å². The first kappa shape index (κ1) is 13.2. The van der Waals surface area contributed by atoms with Crippen LogP contribution in [0.2, 0.25) is 0 Å². The molecule has 4 heteroatoms. The summed E-state index contributed by atoms with van der Waals surface area (Å²) in [4.78, 5) is 11.6. The van der Waals surface area contributed by atoms with Crippen LogP contribution in [0, 0.1) is 16.2 Å². The minimum absolute atomic E-state index is 0. The van der Waals surface area contributed by atoms with Gasteiger partial charge in [0.2, 0.25) is 0 Å². The lowest BCUT2D eigenvalue weighted by atomic mass is 9.38. The van der Waals surface area contributed by atoms with Crippen LogP contribution in [-0.2, 0) is 4.79 Å². The summed E-state index contributed by atoms with van der Waals surface area (Å²) in [6, 6.07) is 0. The topological polar surface area (TPSA) is 63.3 Å². The Labute approximate surface area is 109 Å². The minimum atomic E-state index is -0.612. The minimum Gasteiger partial charge on any atom is -0.481 e. The second-order valence-corrected chi connectivity index (χ2v) is 7.63. The summed E-state index contributed by atoms with van der Waals surface area (Å²) in [6.45, 7) is 4.48. The molecule has 4 aliphatic carbocycles. The van der Waals surface area contributed by atoms with Crippen LogP contribution in [0.15, 0.2) is 0 Å². The van der Waals surface area contributed by atoms with Gasteiger partial charge in [-0.2, -0.15) is 0 Å². The lowest BCUT2D eigenvalue weighted by Gasteiger charge is -2.67. The van der Waals surface area contributed by atoms with E-state index in [0.717, 1.165) is 32.1 Å².